The van der Waals surface area contributed by atoms with Crippen molar-refractivity contribution in [1.82, 2.24) is 0 Å². The summed E-state index contributed by atoms with van der Waals surface area (Å²) >= 11 is 0. The van der Waals surface area contributed by atoms with Gasteiger partial charge in [0, 0.05) is 6.42 Å². The predicted octanol–water partition coefficient (Wildman–Crippen LogP) is 1.41. The second kappa shape index (κ2) is 3.51. The van der Waals surface area contributed by atoms with Crippen LogP contribution in [0.3, 0.4) is 0 Å². The molecule has 0 aromatic carbocycles. The van der Waals surface area contributed by atoms with Gasteiger partial charge in [-0.1, -0.05) is 0 Å². The Morgan fingerprint density at radius 2 is 2.44 bits per heavy atom. The summed E-state index contributed by atoms with van der Waals surface area (Å²) in [6.45, 7) is -0.175. The van der Waals surface area contributed by atoms with Crippen molar-refractivity contribution in [2.75, 3.05) is 6.79 Å². The number of hydrogen-bond donors (Lipinski definition) is 1. The van der Waals surface area contributed by atoms with E-state index in [1.165, 1.54) is 12.8 Å². The lowest BCUT2D eigenvalue weighted by Gasteiger charge is -2.11. The number of allylic oxidation sites excluding steroid dienone is 2. The maximum Gasteiger partial charge on any atom is 0.185 e. The molecule has 9 heavy (non-hydrogen) atoms. The van der Waals surface area contributed by atoms with Gasteiger partial charge in [0.2, 0.25) is 0 Å². The number of aliphatic hydroxyl groups excluding tert-OH is 1. The van der Waals surface area contributed by atoms with Crippen LogP contribution in [0.25, 0.3) is 0 Å². The van der Waals surface area contributed by atoms with Gasteiger partial charge < -0.3 is 9.84 Å². The van der Waals surface area contributed by atoms with Crippen LogP contribution in [-0.4, -0.2) is 11.9 Å². The van der Waals surface area contributed by atoms with E-state index in [1.807, 2.05) is 0 Å². The summed E-state index contributed by atoms with van der Waals surface area (Å²) in [5.41, 5.74) is 0. The van der Waals surface area contributed by atoms with Gasteiger partial charge in [-0.25, -0.2) is 0 Å². The van der Waals surface area contributed by atoms with Crippen LogP contribution in [0.2, 0.25) is 0 Å². The zero-order valence-electron chi connectivity index (χ0n) is 5.47. The highest BCUT2D eigenvalue weighted by Crippen LogP contribution is 2.17. The lowest BCUT2D eigenvalue weighted by Crippen LogP contribution is -1.97. The van der Waals surface area contributed by atoms with Crippen molar-refractivity contribution in [1.29, 1.82) is 0 Å². The Balaban J connectivity index is 2.28. The van der Waals surface area contributed by atoms with Gasteiger partial charge in [0.25, 0.3) is 0 Å². The third-order valence-electron chi connectivity index (χ3n) is 1.50. The molecule has 0 aromatic rings. The average molecular weight is 128 g/mol. The van der Waals surface area contributed by atoms with Crippen molar-refractivity contribution in [3.63, 3.8) is 0 Å². The molecule has 1 aliphatic rings. The first-order valence-corrected chi connectivity index (χ1v) is 3.36. The topological polar surface area (TPSA) is 29.5 Å². The van der Waals surface area contributed by atoms with Crippen LogP contribution in [0.1, 0.15) is 25.7 Å². The quantitative estimate of drug-likeness (QED) is 0.570. The summed E-state index contributed by atoms with van der Waals surface area (Å²) in [6, 6.07) is 0. The molecule has 1 rings (SSSR count). The summed E-state index contributed by atoms with van der Waals surface area (Å²) in [4.78, 5) is 0. The zero-order valence-corrected chi connectivity index (χ0v) is 5.47. The fraction of sp³-hybridized carbons (Fsp3) is 0.714. The average Bonchev–Trinajstić information content (AvgIpc) is 1.91. The van der Waals surface area contributed by atoms with E-state index < -0.39 is 0 Å². The maximum atomic E-state index is 8.36. The summed E-state index contributed by atoms with van der Waals surface area (Å²) in [5.74, 6) is 0.962. The number of aliphatic hydroxyl groups is 1. The lowest BCUT2D eigenvalue weighted by atomic mass is 10.1. The normalized spacial score (nSPS) is 19.0. The molecule has 0 unspecified atom stereocenters. The van der Waals surface area contributed by atoms with E-state index in [0.717, 1.165) is 18.6 Å². The SMILES string of the molecule is OCOC1=CCCCC1. The number of hydrogen-bond acceptors (Lipinski definition) is 2. The Hall–Kier alpha value is -0.500. The molecule has 0 bridgehead atoms. The first-order chi connectivity index (χ1) is 4.43. The summed E-state index contributed by atoms with van der Waals surface area (Å²) in [5, 5.41) is 8.36. The van der Waals surface area contributed by atoms with Crippen LogP contribution in [0.4, 0.5) is 0 Å². The molecular weight excluding hydrogens is 116 g/mol. The van der Waals surface area contributed by atoms with Crippen LogP contribution in [0.15, 0.2) is 11.8 Å². The molecule has 0 aromatic heterocycles. The van der Waals surface area contributed by atoms with Crippen LogP contribution < -0.4 is 0 Å². The largest absolute Gasteiger partial charge is 0.472 e. The fourth-order valence-corrected chi connectivity index (χ4v) is 1.02. The van der Waals surface area contributed by atoms with Gasteiger partial charge in [-0.15, -0.1) is 0 Å². The van der Waals surface area contributed by atoms with Gasteiger partial charge in [-0.05, 0) is 25.3 Å². The molecule has 0 aliphatic heterocycles. The molecule has 0 radical (unpaired) electrons. The monoisotopic (exact) mass is 128 g/mol. The van der Waals surface area contributed by atoms with E-state index >= 15 is 0 Å². The highest BCUT2D eigenvalue weighted by Gasteiger charge is 2.02. The van der Waals surface area contributed by atoms with E-state index in [4.69, 9.17) is 9.84 Å². The standard InChI is InChI=1S/C7H12O2/c8-6-9-7-4-2-1-3-5-7/h4,8H,1-3,5-6H2. The Morgan fingerprint density at radius 3 is 3.00 bits per heavy atom. The van der Waals surface area contributed by atoms with Crippen molar-refractivity contribution in [3.8, 4) is 0 Å². The van der Waals surface area contributed by atoms with Gasteiger partial charge in [0.05, 0.1) is 5.76 Å². The Kier molecular flexibility index (Phi) is 2.58. The van der Waals surface area contributed by atoms with Gasteiger partial charge in [-0.3, -0.25) is 0 Å². The second-order valence-electron chi connectivity index (χ2n) is 2.19. The molecule has 0 fully saturated rings. The van der Waals surface area contributed by atoms with Crippen molar-refractivity contribution >= 4 is 0 Å². The van der Waals surface area contributed by atoms with E-state index in [1.54, 1.807) is 0 Å². The highest BCUT2D eigenvalue weighted by atomic mass is 16.6. The van der Waals surface area contributed by atoms with Gasteiger partial charge in [0.1, 0.15) is 0 Å². The molecule has 52 valence electrons. The molecule has 0 heterocycles. The van der Waals surface area contributed by atoms with Crippen molar-refractivity contribution in [3.05, 3.63) is 11.8 Å². The molecule has 0 atom stereocenters. The molecule has 0 saturated heterocycles. The zero-order chi connectivity index (χ0) is 6.53. The molecule has 0 saturated carbocycles. The molecular formula is C7H12O2. The molecule has 0 spiro atoms. The first-order valence-electron chi connectivity index (χ1n) is 3.36. The minimum Gasteiger partial charge on any atom is -0.472 e. The first kappa shape index (κ1) is 6.62. The smallest absolute Gasteiger partial charge is 0.185 e. The Morgan fingerprint density at radius 1 is 1.56 bits per heavy atom. The highest BCUT2D eigenvalue weighted by molar-refractivity contribution is 4.96. The molecule has 2 nitrogen and oxygen atoms in total. The number of ether oxygens (including phenoxy) is 1. The lowest BCUT2D eigenvalue weighted by molar-refractivity contribution is 0.0360. The molecule has 1 aliphatic carbocycles. The van der Waals surface area contributed by atoms with E-state index in [0.29, 0.717) is 0 Å². The van der Waals surface area contributed by atoms with Crippen LogP contribution in [0.5, 0.6) is 0 Å². The van der Waals surface area contributed by atoms with E-state index in [-0.39, 0.29) is 6.79 Å². The minimum atomic E-state index is -0.175. The maximum absolute atomic E-state index is 8.36. The second-order valence-corrected chi connectivity index (χ2v) is 2.19. The van der Waals surface area contributed by atoms with Crippen LogP contribution in [0, 0.1) is 0 Å². The van der Waals surface area contributed by atoms with Gasteiger partial charge in [-0.2, -0.15) is 0 Å². The minimum absolute atomic E-state index is 0.175. The summed E-state index contributed by atoms with van der Waals surface area (Å²) in [7, 11) is 0. The van der Waals surface area contributed by atoms with Crippen molar-refractivity contribution in [2.24, 2.45) is 0 Å². The van der Waals surface area contributed by atoms with Crippen LogP contribution in [-0.2, 0) is 4.74 Å². The fourth-order valence-electron chi connectivity index (χ4n) is 1.02. The Bertz CT molecular complexity index is 107. The summed E-state index contributed by atoms with van der Waals surface area (Å²) in [6.07, 6.45) is 6.62. The molecule has 0 amide bonds. The van der Waals surface area contributed by atoms with Gasteiger partial charge >= 0.3 is 0 Å². The predicted molar refractivity (Wildman–Crippen MR) is 34.7 cm³/mol. The van der Waals surface area contributed by atoms with Gasteiger partial charge in [0.15, 0.2) is 6.79 Å². The van der Waals surface area contributed by atoms with Crippen molar-refractivity contribution in [2.45, 2.75) is 25.7 Å². The third-order valence-corrected chi connectivity index (χ3v) is 1.50. The van der Waals surface area contributed by atoms with E-state index in [9.17, 15) is 0 Å². The Labute approximate surface area is 55.1 Å². The van der Waals surface area contributed by atoms with Crippen LogP contribution >= 0.6 is 0 Å². The number of rotatable bonds is 2. The van der Waals surface area contributed by atoms with E-state index in [2.05, 4.69) is 6.08 Å². The molecule has 2 heteroatoms. The summed E-state index contributed by atoms with van der Waals surface area (Å²) < 4.78 is 4.90. The molecule has 1 N–H and O–H groups in total. The van der Waals surface area contributed by atoms with Crippen molar-refractivity contribution < 1.29 is 9.84 Å². The third kappa shape index (κ3) is 2.06.